The van der Waals surface area contributed by atoms with Gasteiger partial charge in [-0.2, -0.15) is 0 Å². The van der Waals surface area contributed by atoms with Crippen LogP contribution in [0.4, 0.5) is 10.8 Å². The molecule has 0 aliphatic rings. The van der Waals surface area contributed by atoms with Crippen molar-refractivity contribution in [3.05, 3.63) is 90.0 Å². The molecule has 0 bridgehead atoms. The van der Waals surface area contributed by atoms with E-state index >= 15 is 0 Å². The van der Waals surface area contributed by atoms with Gasteiger partial charge in [0.2, 0.25) is 0 Å². The van der Waals surface area contributed by atoms with Crippen molar-refractivity contribution in [2.45, 2.75) is 13.5 Å². The van der Waals surface area contributed by atoms with Crippen LogP contribution in [0.1, 0.15) is 11.1 Å². The van der Waals surface area contributed by atoms with Crippen molar-refractivity contribution >= 4 is 38.3 Å². The molecule has 0 atom stereocenters. The van der Waals surface area contributed by atoms with Crippen molar-refractivity contribution in [3.8, 4) is 0 Å². The predicted molar refractivity (Wildman–Crippen MR) is 114 cm³/mol. The fourth-order valence-corrected chi connectivity index (χ4v) is 4.01. The Morgan fingerprint density at radius 1 is 0.964 bits per heavy atom. The highest BCUT2D eigenvalue weighted by Gasteiger charge is 2.23. The lowest BCUT2D eigenvalue weighted by Gasteiger charge is -2.22. The standard InChI is InChI=1S/C23H20N2O2S/c1-17-9-5-7-13-20(17)25(23-24-19-12-6-8-14-21(19)28-23)22(26)16-27-15-18-10-3-2-4-11-18/h2-14H,15-16H2,1H3. The van der Waals surface area contributed by atoms with Gasteiger partial charge in [-0.05, 0) is 36.2 Å². The Kier molecular flexibility index (Phi) is 5.46. The highest BCUT2D eigenvalue weighted by Crippen LogP contribution is 2.34. The highest BCUT2D eigenvalue weighted by atomic mass is 32.1. The maximum Gasteiger partial charge on any atom is 0.259 e. The maximum absolute atomic E-state index is 13.1. The largest absolute Gasteiger partial charge is 0.367 e. The molecule has 140 valence electrons. The van der Waals surface area contributed by atoms with Gasteiger partial charge in [0.15, 0.2) is 5.13 Å². The van der Waals surface area contributed by atoms with E-state index in [9.17, 15) is 4.79 Å². The molecule has 4 aromatic rings. The van der Waals surface area contributed by atoms with Crippen LogP contribution in [0.15, 0.2) is 78.9 Å². The topological polar surface area (TPSA) is 42.4 Å². The summed E-state index contributed by atoms with van der Waals surface area (Å²) in [7, 11) is 0. The number of aromatic nitrogens is 1. The van der Waals surface area contributed by atoms with E-state index in [2.05, 4.69) is 4.98 Å². The van der Waals surface area contributed by atoms with E-state index in [1.165, 1.54) is 11.3 Å². The molecule has 0 spiro atoms. The minimum Gasteiger partial charge on any atom is -0.367 e. The zero-order chi connectivity index (χ0) is 19.3. The number of ether oxygens (including phenoxy) is 1. The number of carbonyl (C=O) groups excluding carboxylic acids is 1. The number of benzene rings is 3. The number of anilines is 2. The lowest BCUT2D eigenvalue weighted by molar-refractivity contribution is -0.122. The Morgan fingerprint density at radius 2 is 1.68 bits per heavy atom. The minimum atomic E-state index is -0.135. The molecule has 0 unspecified atom stereocenters. The molecule has 28 heavy (non-hydrogen) atoms. The molecule has 0 radical (unpaired) electrons. The first kappa shape index (κ1) is 18.3. The van der Waals surface area contributed by atoms with Gasteiger partial charge in [0.25, 0.3) is 5.91 Å². The molecule has 1 amide bonds. The monoisotopic (exact) mass is 388 g/mol. The summed E-state index contributed by atoms with van der Waals surface area (Å²) in [4.78, 5) is 19.5. The van der Waals surface area contributed by atoms with Crippen LogP contribution >= 0.6 is 11.3 Å². The lowest BCUT2D eigenvalue weighted by atomic mass is 10.2. The predicted octanol–water partition coefficient (Wildman–Crippen LogP) is 5.49. The van der Waals surface area contributed by atoms with Gasteiger partial charge in [-0.25, -0.2) is 4.98 Å². The summed E-state index contributed by atoms with van der Waals surface area (Å²) >= 11 is 1.51. The summed E-state index contributed by atoms with van der Waals surface area (Å²) in [5.74, 6) is -0.135. The van der Waals surface area contributed by atoms with Crippen molar-refractivity contribution in [2.75, 3.05) is 11.5 Å². The maximum atomic E-state index is 13.1. The number of rotatable bonds is 6. The van der Waals surface area contributed by atoms with Crippen molar-refractivity contribution in [1.29, 1.82) is 0 Å². The summed E-state index contributed by atoms with van der Waals surface area (Å²) < 4.78 is 6.76. The number of hydrogen-bond acceptors (Lipinski definition) is 4. The van der Waals surface area contributed by atoms with Crippen LogP contribution < -0.4 is 4.90 Å². The Labute approximate surface area is 168 Å². The van der Waals surface area contributed by atoms with E-state index in [0.717, 1.165) is 27.0 Å². The number of hydrogen-bond donors (Lipinski definition) is 0. The Morgan fingerprint density at radius 3 is 2.46 bits per heavy atom. The van der Waals surface area contributed by atoms with Crippen molar-refractivity contribution in [1.82, 2.24) is 4.98 Å². The fourth-order valence-electron chi connectivity index (χ4n) is 3.01. The fraction of sp³-hybridized carbons (Fsp3) is 0.130. The van der Waals surface area contributed by atoms with E-state index in [-0.39, 0.29) is 12.5 Å². The zero-order valence-electron chi connectivity index (χ0n) is 15.5. The summed E-state index contributed by atoms with van der Waals surface area (Å²) in [6.07, 6.45) is 0. The molecule has 0 aliphatic heterocycles. The molecular formula is C23H20N2O2S. The van der Waals surface area contributed by atoms with Gasteiger partial charge < -0.3 is 4.74 Å². The van der Waals surface area contributed by atoms with Crippen LogP contribution in [-0.2, 0) is 16.1 Å². The third-order valence-corrected chi connectivity index (χ3v) is 5.44. The smallest absolute Gasteiger partial charge is 0.259 e. The third-order valence-electron chi connectivity index (χ3n) is 4.42. The molecule has 1 aromatic heterocycles. The molecule has 0 fully saturated rings. The zero-order valence-corrected chi connectivity index (χ0v) is 16.4. The van der Waals surface area contributed by atoms with Gasteiger partial charge in [0.1, 0.15) is 6.61 Å². The van der Waals surface area contributed by atoms with Crippen molar-refractivity contribution in [2.24, 2.45) is 0 Å². The number of carbonyl (C=O) groups is 1. The SMILES string of the molecule is Cc1ccccc1N(C(=O)COCc1ccccc1)c1nc2ccccc2s1. The molecule has 4 nitrogen and oxygen atoms in total. The number of para-hydroxylation sites is 2. The summed E-state index contributed by atoms with van der Waals surface area (Å²) in [6.45, 7) is 2.38. The summed E-state index contributed by atoms with van der Waals surface area (Å²) in [5, 5.41) is 0.656. The van der Waals surface area contributed by atoms with E-state index in [1.54, 1.807) is 4.90 Å². The van der Waals surface area contributed by atoms with E-state index < -0.39 is 0 Å². The molecule has 3 aromatic carbocycles. The molecule has 0 aliphatic carbocycles. The Balaban J connectivity index is 1.61. The molecule has 0 N–H and O–H groups in total. The van der Waals surface area contributed by atoms with Crippen molar-refractivity contribution in [3.63, 3.8) is 0 Å². The van der Waals surface area contributed by atoms with Gasteiger partial charge >= 0.3 is 0 Å². The number of aryl methyl sites for hydroxylation is 1. The van der Waals surface area contributed by atoms with Crippen LogP contribution in [0, 0.1) is 6.92 Å². The summed E-state index contributed by atoms with van der Waals surface area (Å²) in [5.41, 5.74) is 3.77. The molecular weight excluding hydrogens is 368 g/mol. The van der Waals surface area contributed by atoms with Crippen molar-refractivity contribution < 1.29 is 9.53 Å². The van der Waals surface area contributed by atoms with Crippen LogP contribution in [0.3, 0.4) is 0 Å². The van der Waals surface area contributed by atoms with E-state index in [1.807, 2.05) is 85.8 Å². The average Bonchev–Trinajstić information content (AvgIpc) is 3.14. The van der Waals surface area contributed by atoms with Gasteiger partial charge in [-0.3, -0.25) is 9.69 Å². The third kappa shape index (κ3) is 3.96. The molecule has 1 heterocycles. The normalized spacial score (nSPS) is 10.9. The van der Waals surface area contributed by atoms with Crippen LogP contribution in [-0.4, -0.2) is 17.5 Å². The second-order valence-corrected chi connectivity index (χ2v) is 7.47. The quantitative estimate of drug-likeness (QED) is 0.439. The second kappa shape index (κ2) is 8.33. The van der Waals surface area contributed by atoms with E-state index in [0.29, 0.717) is 11.7 Å². The van der Waals surface area contributed by atoms with E-state index in [4.69, 9.17) is 4.74 Å². The molecule has 4 rings (SSSR count). The van der Waals surface area contributed by atoms with Gasteiger partial charge in [-0.15, -0.1) is 0 Å². The average molecular weight is 388 g/mol. The first-order valence-electron chi connectivity index (χ1n) is 9.08. The highest BCUT2D eigenvalue weighted by molar-refractivity contribution is 7.22. The number of thiazole rings is 1. The van der Waals surface area contributed by atoms with Crippen LogP contribution in [0.2, 0.25) is 0 Å². The molecule has 0 saturated heterocycles. The first-order chi connectivity index (χ1) is 13.7. The molecule has 5 heteroatoms. The number of fused-ring (bicyclic) bond motifs is 1. The first-order valence-corrected chi connectivity index (χ1v) is 9.90. The van der Waals surface area contributed by atoms with Gasteiger partial charge in [0, 0.05) is 0 Å². The minimum absolute atomic E-state index is 0.0147. The van der Waals surface area contributed by atoms with Crippen LogP contribution in [0.5, 0.6) is 0 Å². The lowest BCUT2D eigenvalue weighted by Crippen LogP contribution is -2.30. The Bertz CT molecular complexity index is 1060. The molecule has 0 saturated carbocycles. The Hall–Kier alpha value is -3.02. The van der Waals surface area contributed by atoms with Gasteiger partial charge in [-0.1, -0.05) is 72.0 Å². The second-order valence-electron chi connectivity index (χ2n) is 6.46. The van der Waals surface area contributed by atoms with Gasteiger partial charge in [0.05, 0.1) is 22.5 Å². The number of amides is 1. The number of nitrogens with zero attached hydrogens (tertiary/aromatic N) is 2. The summed E-state index contributed by atoms with van der Waals surface area (Å²) in [6, 6.07) is 25.6. The van der Waals surface area contributed by atoms with Crippen LogP contribution in [0.25, 0.3) is 10.2 Å².